The minimum Gasteiger partial charge on any atom is -0.384 e. The average Bonchev–Trinajstić information content (AvgIpc) is 2.47. The lowest BCUT2D eigenvalue weighted by Crippen LogP contribution is -2.34. The molecule has 0 fully saturated rings. The minimum atomic E-state index is 0.662. The molecule has 1 aliphatic rings. The van der Waals surface area contributed by atoms with E-state index < -0.39 is 0 Å². The topological polar surface area (TPSA) is 15.3 Å². The third-order valence-electron chi connectivity index (χ3n) is 4.17. The molecule has 1 unspecified atom stereocenters. The zero-order valence-electron chi connectivity index (χ0n) is 12.3. The lowest BCUT2D eigenvalue weighted by atomic mass is 9.93. The molecule has 104 valence electrons. The van der Waals surface area contributed by atoms with Crippen LogP contribution in [0.2, 0.25) is 0 Å². The first-order valence-corrected chi connectivity index (χ1v) is 7.32. The average molecular weight is 266 g/mol. The van der Waals surface area contributed by atoms with E-state index in [1.54, 1.807) is 0 Å². The summed E-state index contributed by atoms with van der Waals surface area (Å²) in [7, 11) is 2.20. The van der Waals surface area contributed by atoms with E-state index in [0.717, 1.165) is 13.1 Å². The zero-order valence-corrected chi connectivity index (χ0v) is 12.3. The molecule has 0 aromatic heterocycles. The van der Waals surface area contributed by atoms with E-state index >= 15 is 0 Å². The molecule has 0 amide bonds. The van der Waals surface area contributed by atoms with Gasteiger partial charge in [0.05, 0.1) is 0 Å². The quantitative estimate of drug-likeness (QED) is 0.911. The Kier molecular flexibility index (Phi) is 3.64. The minimum absolute atomic E-state index is 0.662. The van der Waals surface area contributed by atoms with Crippen LogP contribution in [-0.4, -0.2) is 20.1 Å². The van der Waals surface area contributed by atoms with Crippen LogP contribution in [0.25, 0.3) is 0 Å². The van der Waals surface area contributed by atoms with Gasteiger partial charge in [0.15, 0.2) is 0 Å². The van der Waals surface area contributed by atoms with Crippen molar-refractivity contribution in [1.29, 1.82) is 0 Å². The maximum absolute atomic E-state index is 3.56. The van der Waals surface area contributed by atoms with E-state index in [1.165, 1.54) is 28.9 Å². The van der Waals surface area contributed by atoms with Gasteiger partial charge >= 0.3 is 0 Å². The predicted molar refractivity (Wildman–Crippen MR) is 86.6 cm³/mol. The lowest BCUT2D eigenvalue weighted by Gasteiger charge is -2.31. The van der Waals surface area contributed by atoms with Gasteiger partial charge in [-0.1, -0.05) is 36.4 Å². The van der Waals surface area contributed by atoms with Crippen molar-refractivity contribution in [3.8, 4) is 0 Å². The first-order chi connectivity index (χ1) is 9.74. The van der Waals surface area contributed by atoms with Gasteiger partial charge in [-0.05, 0) is 42.5 Å². The third kappa shape index (κ3) is 2.64. The van der Waals surface area contributed by atoms with E-state index in [4.69, 9.17) is 0 Å². The molecule has 1 N–H and O–H groups in total. The predicted octanol–water partition coefficient (Wildman–Crippen LogP) is 3.72. The van der Waals surface area contributed by atoms with Gasteiger partial charge in [-0.15, -0.1) is 0 Å². The molecule has 2 heteroatoms. The highest BCUT2D eigenvalue weighted by Crippen LogP contribution is 2.26. The lowest BCUT2D eigenvalue weighted by molar-refractivity contribution is 0.536. The smallest absolute Gasteiger partial charge is 0.0393 e. The van der Waals surface area contributed by atoms with Crippen molar-refractivity contribution in [2.45, 2.75) is 13.3 Å². The summed E-state index contributed by atoms with van der Waals surface area (Å²) in [5, 5.41) is 3.56. The van der Waals surface area contributed by atoms with Crippen LogP contribution < -0.4 is 10.2 Å². The van der Waals surface area contributed by atoms with Crippen LogP contribution in [0.1, 0.15) is 11.1 Å². The Hall–Kier alpha value is -1.96. The Morgan fingerprint density at radius 2 is 1.85 bits per heavy atom. The number of para-hydroxylation sites is 2. The van der Waals surface area contributed by atoms with Crippen molar-refractivity contribution < 1.29 is 0 Å². The number of aryl methyl sites for hydroxylation is 1. The molecule has 0 saturated heterocycles. The summed E-state index contributed by atoms with van der Waals surface area (Å²) < 4.78 is 0. The summed E-state index contributed by atoms with van der Waals surface area (Å²) in [6.07, 6.45) is 1.17. The number of hydrogen-bond donors (Lipinski definition) is 1. The number of nitrogens with one attached hydrogen (secondary N) is 1. The highest BCUT2D eigenvalue weighted by molar-refractivity contribution is 5.55. The molecule has 1 atom stereocenters. The van der Waals surface area contributed by atoms with Crippen molar-refractivity contribution in [3.63, 3.8) is 0 Å². The molecular formula is C18H22N2. The molecular weight excluding hydrogens is 244 g/mol. The van der Waals surface area contributed by atoms with Gasteiger partial charge < -0.3 is 10.2 Å². The van der Waals surface area contributed by atoms with E-state index in [9.17, 15) is 0 Å². The van der Waals surface area contributed by atoms with Crippen LogP contribution in [-0.2, 0) is 6.42 Å². The Morgan fingerprint density at radius 3 is 2.70 bits per heavy atom. The first kappa shape index (κ1) is 13.0. The van der Waals surface area contributed by atoms with Crippen LogP contribution >= 0.6 is 0 Å². The molecule has 1 aliphatic heterocycles. The number of rotatable bonds is 3. The number of fused-ring (bicyclic) bond motifs is 1. The van der Waals surface area contributed by atoms with Gasteiger partial charge in [0.2, 0.25) is 0 Å². The second-order valence-electron chi connectivity index (χ2n) is 5.78. The van der Waals surface area contributed by atoms with Crippen molar-refractivity contribution in [2.75, 3.05) is 30.4 Å². The molecule has 0 saturated carbocycles. The van der Waals surface area contributed by atoms with Crippen molar-refractivity contribution >= 4 is 11.4 Å². The van der Waals surface area contributed by atoms with E-state index in [2.05, 4.69) is 72.7 Å². The Labute approximate surface area is 121 Å². The van der Waals surface area contributed by atoms with Gasteiger partial charge in [-0.2, -0.15) is 0 Å². The summed E-state index contributed by atoms with van der Waals surface area (Å²) in [6.45, 7) is 4.33. The van der Waals surface area contributed by atoms with Gasteiger partial charge in [-0.25, -0.2) is 0 Å². The van der Waals surface area contributed by atoms with E-state index in [1.807, 2.05) is 0 Å². The first-order valence-electron chi connectivity index (χ1n) is 7.32. The normalized spacial score (nSPS) is 17.2. The summed E-state index contributed by atoms with van der Waals surface area (Å²) >= 11 is 0. The van der Waals surface area contributed by atoms with Crippen molar-refractivity contribution in [2.24, 2.45) is 5.92 Å². The van der Waals surface area contributed by atoms with Gasteiger partial charge in [0.1, 0.15) is 0 Å². The molecule has 0 aliphatic carbocycles. The fraction of sp³-hybridized carbons (Fsp3) is 0.333. The molecule has 0 radical (unpaired) electrons. The van der Waals surface area contributed by atoms with E-state index in [-0.39, 0.29) is 0 Å². The Balaban J connectivity index is 1.69. The maximum Gasteiger partial charge on any atom is 0.0393 e. The van der Waals surface area contributed by atoms with Crippen LogP contribution in [0.4, 0.5) is 11.4 Å². The number of hydrogen-bond acceptors (Lipinski definition) is 2. The van der Waals surface area contributed by atoms with Gasteiger partial charge in [0.25, 0.3) is 0 Å². The third-order valence-corrected chi connectivity index (χ3v) is 4.17. The monoisotopic (exact) mass is 266 g/mol. The summed E-state index contributed by atoms with van der Waals surface area (Å²) in [5.41, 5.74) is 5.44. The molecule has 3 rings (SSSR count). The highest BCUT2D eigenvalue weighted by atomic mass is 15.1. The van der Waals surface area contributed by atoms with Crippen LogP contribution in [0, 0.1) is 12.8 Å². The summed E-state index contributed by atoms with van der Waals surface area (Å²) in [6, 6.07) is 17.3. The fourth-order valence-corrected chi connectivity index (χ4v) is 3.11. The molecule has 0 bridgehead atoms. The van der Waals surface area contributed by atoms with Crippen LogP contribution in [0.15, 0.2) is 48.5 Å². The largest absolute Gasteiger partial charge is 0.384 e. The van der Waals surface area contributed by atoms with E-state index in [0.29, 0.717) is 5.92 Å². The SMILES string of the molecule is Cc1ccccc1N(C)CC1CNc2ccccc2C1. The second-order valence-corrected chi connectivity index (χ2v) is 5.78. The second kappa shape index (κ2) is 5.58. The highest BCUT2D eigenvalue weighted by Gasteiger charge is 2.19. The molecule has 0 spiro atoms. The molecule has 2 nitrogen and oxygen atoms in total. The van der Waals surface area contributed by atoms with Gasteiger partial charge in [0, 0.05) is 31.5 Å². The maximum atomic E-state index is 3.56. The number of anilines is 2. The summed E-state index contributed by atoms with van der Waals surface area (Å²) in [4.78, 5) is 2.38. The van der Waals surface area contributed by atoms with Crippen LogP contribution in [0.5, 0.6) is 0 Å². The molecule has 20 heavy (non-hydrogen) atoms. The zero-order chi connectivity index (χ0) is 13.9. The summed E-state index contributed by atoms with van der Waals surface area (Å²) in [5.74, 6) is 0.662. The van der Waals surface area contributed by atoms with Crippen molar-refractivity contribution in [3.05, 3.63) is 59.7 Å². The number of nitrogens with zero attached hydrogens (tertiary/aromatic N) is 1. The molecule has 2 aromatic rings. The fourth-order valence-electron chi connectivity index (χ4n) is 3.11. The molecule has 2 aromatic carbocycles. The molecule has 1 heterocycles. The number of benzene rings is 2. The Bertz CT molecular complexity index is 591. The van der Waals surface area contributed by atoms with Gasteiger partial charge in [-0.3, -0.25) is 0 Å². The Morgan fingerprint density at radius 1 is 1.10 bits per heavy atom. The van der Waals surface area contributed by atoms with Crippen molar-refractivity contribution in [1.82, 2.24) is 0 Å². The van der Waals surface area contributed by atoms with Crippen LogP contribution in [0.3, 0.4) is 0 Å². The standard InChI is InChI=1S/C18H22N2/c1-14-7-3-6-10-18(14)20(2)13-15-11-16-8-4-5-9-17(16)19-12-15/h3-10,15,19H,11-13H2,1-2H3.